The smallest absolute Gasteiger partial charge is 0.310 e. The Kier molecular flexibility index (Phi) is 2.47. The van der Waals surface area contributed by atoms with Crippen molar-refractivity contribution in [1.82, 2.24) is 0 Å². The zero-order chi connectivity index (χ0) is 9.14. The molecule has 0 aromatic carbocycles. The zero-order valence-corrected chi connectivity index (χ0v) is 6.43. The van der Waals surface area contributed by atoms with E-state index in [1.807, 2.05) is 0 Å². The van der Waals surface area contributed by atoms with E-state index in [4.69, 9.17) is 10.2 Å². The minimum Gasteiger partial charge on any atom is -0.481 e. The number of rotatable bonds is 2. The Morgan fingerprint density at radius 2 is 1.92 bits per heavy atom. The second-order valence-electron chi connectivity index (χ2n) is 2.88. The number of allylic oxidation sites excluding steroid dienone is 1. The van der Waals surface area contributed by atoms with Gasteiger partial charge < -0.3 is 10.2 Å². The van der Waals surface area contributed by atoms with E-state index in [0.29, 0.717) is 6.42 Å². The van der Waals surface area contributed by atoms with Gasteiger partial charge in [-0.25, -0.2) is 0 Å². The molecule has 0 fully saturated rings. The molecule has 4 nitrogen and oxygen atoms in total. The topological polar surface area (TPSA) is 74.6 Å². The largest absolute Gasteiger partial charge is 0.481 e. The predicted octanol–water partition coefficient (Wildman–Crippen LogP) is 0.738. The number of carboxylic acid groups (broad SMARTS) is 2. The molecule has 0 aliphatic heterocycles. The van der Waals surface area contributed by atoms with Gasteiger partial charge in [-0.2, -0.15) is 0 Å². The molecule has 4 heteroatoms. The summed E-state index contributed by atoms with van der Waals surface area (Å²) >= 11 is 0. The quantitative estimate of drug-likeness (QED) is 0.599. The molecule has 1 aliphatic carbocycles. The van der Waals surface area contributed by atoms with Crippen molar-refractivity contribution >= 4 is 11.9 Å². The highest BCUT2D eigenvalue weighted by Crippen LogP contribution is 2.23. The van der Waals surface area contributed by atoms with E-state index < -0.39 is 23.8 Å². The average molecular weight is 170 g/mol. The van der Waals surface area contributed by atoms with Crippen molar-refractivity contribution in [3.05, 3.63) is 12.2 Å². The van der Waals surface area contributed by atoms with Crippen LogP contribution in [-0.2, 0) is 9.59 Å². The number of carboxylic acids is 2. The van der Waals surface area contributed by atoms with Crippen LogP contribution in [0.2, 0.25) is 0 Å². The van der Waals surface area contributed by atoms with E-state index in [9.17, 15) is 9.59 Å². The van der Waals surface area contributed by atoms with E-state index in [0.717, 1.165) is 0 Å². The van der Waals surface area contributed by atoms with Gasteiger partial charge in [-0.1, -0.05) is 12.2 Å². The lowest BCUT2D eigenvalue weighted by molar-refractivity contribution is -0.144. The Balaban J connectivity index is 2.63. The molecule has 0 spiro atoms. The Bertz CT molecular complexity index is 231. The molecule has 0 saturated heterocycles. The standard InChI is InChI=1S/C8H10O4/c9-7(10)5-2-1-3-6(4-5)8(11)12/h1-2,5-6H,3-4H2,(H,9,10)(H,11,12)/t5-,6+/m1/s1. The highest BCUT2D eigenvalue weighted by molar-refractivity contribution is 5.76. The van der Waals surface area contributed by atoms with E-state index in [2.05, 4.69) is 0 Å². The summed E-state index contributed by atoms with van der Waals surface area (Å²) in [5.41, 5.74) is 0. The van der Waals surface area contributed by atoms with E-state index >= 15 is 0 Å². The van der Waals surface area contributed by atoms with Crippen LogP contribution < -0.4 is 0 Å². The zero-order valence-electron chi connectivity index (χ0n) is 6.43. The molecule has 66 valence electrons. The van der Waals surface area contributed by atoms with Crippen LogP contribution in [0.4, 0.5) is 0 Å². The van der Waals surface area contributed by atoms with Crippen LogP contribution in [0, 0.1) is 11.8 Å². The van der Waals surface area contributed by atoms with Gasteiger partial charge in [-0.3, -0.25) is 9.59 Å². The van der Waals surface area contributed by atoms with Crippen LogP contribution in [0.1, 0.15) is 12.8 Å². The first kappa shape index (κ1) is 8.77. The van der Waals surface area contributed by atoms with Crippen molar-refractivity contribution in [2.45, 2.75) is 12.8 Å². The molecule has 0 saturated carbocycles. The van der Waals surface area contributed by atoms with Crippen molar-refractivity contribution in [2.24, 2.45) is 11.8 Å². The minimum atomic E-state index is -0.947. The summed E-state index contributed by atoms with van der Waals surface area (Å²) in [7, 11) is 0. The van der Waals surface area contributed by atoms with Gasteiger partial charge >= 0.3 is 11.9 Å². The molecule has 1 rings (SSSR count). The van der Waals surface area contributed by atoms with Gasteiger partial charge in [0.25, 0.3) is 0 Å². The molecule has 0 amide bonds. The lowest BCUT2D eigenvalue weighted by atomic mass is 9.87. The summed E-state index contributed by atoms with van der Waals surface area (Å²) < 4.78 is 0. The van der Waals surface area contributed by atoms with Gasteiger partial charge in [0, 0.05) is 0 Å². The lowest BCUT2D eigenvalue weighted by Crippen LogP contribution is -2.23. The fourth-order valence-electron chi connectivity index (χ4n) is 1.27. The fraction of sp³-hybridized carbons (Fsp3) is 0.500. The molecule has 0 aromatic rings. The van der Waals surface area contributed by atoms with Crippen molar-refractivity contribution < 1.29 is 19.8 Å². The number of hydrogen-bond donors (Lipinski definition) is 2. The Hall–Kier alpha value is -1.32. The maximum Gasteiger partial charge on any atom is 0.310 e. The van der Waals surface area contributed by atoms with Crippen molar-refractivity contribution in [3.8, 4) is 0 Å². The summed E-state index contributed by atoms with van der Waals surface area (Å²) in [6.07, 6.45) is 3.84. The van der Waals surface area contributed by atoms with Crippen LogP contribution in [-0.4, -0.2) is 22.2 Å². The fourth-order valence-corrected chi connectivity index (χ4v) is 1.27. The van der Waals surface area contributed by atoms with Gasteiger partial charge in [0.15, 0.2) is 0 Å². The molecule has 12 heavy (non-hydrogen) atoms. The first-order valence-electron chi connectivity index (χ1n) is 3.73. The van der Waals surface area contributed by atoms with Gasteiger partial charge in [-0.15, -0.1) is 0 Å². The minimum absolute atomic E-state index is 0.209. The summed E-state index contributed by atoms with van der Waals surface area (Å²) in [5, 5.41) is 17.2. The number of aliphatic carboxylic acids is 2. The molecule has 1 aliphatic rings. The normalized spacial score (nSPS) is 28.3. The Morgan fingerprint density at radius 1 is 1.25 bits per heavy atom. The summed E-state index contributed by atoms with van der Waals surface area (Å²) in [6.45, 7) is 0. The molecular formula is C8H10O4. The van der Waals surface area contributed by atoms with E-state index in [-0.39, 0.29) is 6.42 Å². The maximum atomic E-state index is 10.5. The molecule has 0 radical (unpaired) electrons. The van der Waals surface area contributed by atoms with E-state index in [1.165, 1.54) is 0 Å². The lowest BCUT2D eigenvalue weighted by Gasteiger charge is -2.17. The Labute approximate surface area is 69.5 Å². The second-order valence-corrected chi connectivity index (χ2v) is 2.88. The third-order valence-corrected chi connectivity index (χ3v) is 1.99. The van der Waals surface area contributed by atoms with Gasteiger partial charge in [-0.05, 0) is 12.8 Å². The molecule has 0 heterocycles. The SMILES string of the molecule is O=C(O)[C@H]1CC=C[C@@H](C(=O)O)C1. The molecule has 0 unspecified atom stereocenters. The molecule has 2 N–H and O–H groups in total. The molecule has 0 aromatic heterocycles. The van der Waals surface area contributed by atoms with Crippen LogP contribution in [0.15, 0.2) is 12.2 Å². The van der Waals surface area contributed by atoms with Crippen LogP contribution in [0.25, 0.3) is 0 Å². The first-order chi connectivity index (χ1) is 5.61. The van der Waals surface area contributed by atoms with Gasteiger partial charge in [0.05, 0.1) is 11.8 Å². The summed E-state index contributed by atoms with van der Waals surface area (Å²) in [6, 6.07) is 0. The predicted molar refractivity (Wildman–Crippen MR) is 40.6 cm³/mol. The molecule has 0 bridgehead atoms. The van der Waals surface area contributed by atoms with E-state index in [1.54, 1.807) is 12.2 Å². The highest BCUT2D eigenvalue weighted by atomic mass is 16.4. The third-order valence-electron chi connectivity index (χ3n) is 1.99. The molecular weight excluding hydrogens is 160 g/mol. The number of carbonyl (C=O) groups is 2. The second kappa shape index (κ2) is 3.38. The Morgan fingerprint density at radius 3 is 2.42 bits per heavy atom. The van der Waals surface area contributed by atoms with Crippen molar-refractivity contribution in [3.63, 3.8) is 0 Å². The van der Waals surface area contributed by atoms with Gasteiger partial charge in [0.1, 0.15) is 0 Å². The van der Waals surface area contributed by atoms with Gasteiger partial charge in [0.2, 0.25) is 0 Å². The van der Waals surface area contributed by atoms with Crippen LogP contribution >= 0.6 is 0 Å². The monoisotopic (exact) mass is 170 g/mol. The highest BCUT2D eigenvalue weighted by Gasteiger charge is 2.27. The third kappa shape index (κ3) is 1.84. The average Bonchev–Trinajstić information content (AvgIpc) is 2.04. The molecule has 2 atom stereocenters. The van der Waals surface area contributed by atoms with Crippen LogP contribution in [0.3, 0.4) is 0 Å². The number of hydrogen-bond acceptors (Lipinski definition) is 2. The maximum absolute atomic E-state index is 10.5. The summed E-state index contributed by atoms with van der Waals surface area (Å²) in [4.78, 5) is 21.0. The summed E-state index contributed by atoms with van der Waals surface area (Å²) in [5.74, 6) is -3.02. The van der Waals surface area contributed by atoms with Crippen LogP contribution in [0.5, 0.6) is 0 Å². The van der Waals surface area contributed by atoms with Crippen molar-refractivity contribution in [1.29, 1.82) is 0 Å². The first-order valence-corrected chi connectivity index (χ1v) is 3.73. The van der Waals surface area contributed by atoms with Crippen molar-refractivity contribution in [2.75, 3.05) is 0 Å².